The molecular formula is C16H27BrCl2N2O4. The van der Waals surface area contributed by atoms with E-state index in [0.717, 1.165) is 24.0 Å². The largest absolute Gasteiger partial charge is 0.496 e. The number of nitrogens with one attached hydrogen (secondary N) is 1. The molecule has 2 rings (SSSR count). The van der Waals surface area contributed by atoms with Crippen LogP contribution < -0.4 is 14.8 Å². The highest BCUT2D eigenvalue weighted by Gasteiger charge is 2.25. The fourth-order valence-electron chi connectivity index (χ4n) is 2.97. The lowest BCUT2D eigenvalue weighted by atomic mass is 10.1. The van der Waals surface area contributed by atoms with Crippen LogP contribution in [0, 0.1) is 0 Å². The highest BCUT2D eigenvalue weighted by Crippen LogP contribution is 2.35. The molecule has 146 valence electrons. The van der Waals surface area contributed by atoms with Crippen LogP contribution in [0.3, 0.4) is 0 Å². The van der Waals surface area contributed by atoms with Crippen molar-refractivity contribution in [3.8, 4) is 11.5 Å². The van der Waals surface area contributed by atoms with Gasteiger partial charge in [0, 0.05) is 12.6 Å². The second kappa shape index (κ2) is 12.6. The molecule has 1 aliphatic heterocycles. The van der Waals surface area contributed by atoms with E-state index in [9.17, 15) is 4.79 Å². The number of carbonyl (C=O) groups is 1. The van der Waals surface area contributed by atoms with Crippen molar-refractivity contribution in [1.29, 1.82) is 0 Å². The third-order valence-electron chi connectivity index (χ3n) is 4.13. The van der Waals surface area contributed by atoms with Crippen molar-refractivity contribution in [2.45, 2.75) is 25.8 Å². The Bertz CT molecular complexity index is 549. The zero-order valence-electron chi connectivity index (χ0n) is 14.6. The average Bonchev–Trinajstić information content (AvgIpc) is 2.99. The highest BCUT2D eigenvalue weighted by molar-refractivity contribution is 9.10. The van der Waals surface area contributed by atoms with E-state index in [1.54, 1.807) is 20.3 Å². The summed E-state index contributed by atoms with van der Waals surface area (Å²) in [6, 6.07) is 3.98. The predicted octanol–water partition coefficient (Wildman–Crippen LogP) is 2.70. The first kappa shape index (κ1) is 26.5. The molecule has 0 aromatic heterocycles. The van der Waals surface area contributed by atoms with Crippen molar-refractivity contribution in [1.82, 2.24) is 10.2 Å². The van der Waals surface area contributed by atoms with Crippen molar-refractivity contribution in [3.63, 3.8) is 0 Å². The number of likely N-dealkylation sites (tertiary alicyclic amines) is 1. The second-order valence-corrected chi connectivity index (χ2v) is 6.15. The number of nitrogens with zero attached hydrogens (tertiary/aromatic N) is 1. The van der Waals surface area contributed by atoms with Gasteiger partial charge in [-0.3, -0.25) is 9.69 Å². The summed E-state index contributed by atoms with van der Waals surface area (Å²) in [6.07, 6.45) is 2.32. The van der Waals surface area contributed by atoms with Gasteiger partial charge in [0.2, 0.25) is 0 Å². The van der Waals surface area contributed by atoms with Crippen LogP contribution >= 0.6 is 40.7 Å². The number of hydrogen-bond acceptors (Lipinski definition) is 4. The van der Waals surface area contributed by atoms with Crippen LogP contribution in [0.25, 0.3) is 0 Å². The van der Waals surface area contributed by atoms with Crippen LogP contribution in [0.1, 0.15) is 30.1 Å². The van der Waals surface area contributed by atoms with E-state index in [1.807, 2.05) is 6.07 Å². The molecule has 1 atom stereocenters. The molecule has 0 saturated carbocycles. The van der Waals surface area contributed by atoms with Gasteiger partial charge < -0.3 is 20.3 Å². The lowest BCUT2D eigenvalue weighted by Gasteiger charge is -2.23. The van der Waals surface area contributed by atoms with Gasteiger partial charge in [-0.25, -0.2) is 0 Å². The number of rotatable bonds is 6. The number of hydrogen-bond donors (Lipinski definition) is 1. The van der Waals surface area contributed by atoms with Crippen molar-refractivity contribution >= 4 is 46.7 Å². The molecule has 1 saturated heterocycles. The first-order chi connectivity index (χ1) is 10.6. The maximum absolute atomic E-state index is 12.6. The molecule has 1 heterocycles. The number of amides is 1. The van der Waals surface area contributed by atoms with Crippen LogP contribution in [0.5, 0.6) is 11.5 Å². The van der Waals surface area contributed by atoms with Gasteiger partial charge in [0.1, 0.15) is 17.1 Å². The molecule has 1 amide bonds. The zero-order valence-corrected chi connectivity index (χ0v) is 17.9. The highest BCUT2D eigenvalue weighted by atomic mass is 79.9. The summed E-state index contributed by atoms with van der Waals surface area (Å²) in [5.74, 6) is 0.838. The predicted molar refractivity (Wildman–Crippen MR) is 108 cm³/mol. The molecule has 25 heavy (non-hydrogen) atoms. The minimum atomic E-state index is -0.169. The molecule has 0 spiro atoms. The Balaban J connectivity index is 0. The molecule has 0 aliphatic carbocycles. The Morgan fingerprint density at radius 1 is 1.32 bits per heavy atom. The Morgan fingerprint density at radius 3 is 2.56 bits per heavy atom. The molecule has 0 radical (unpaired) electrons. The fourth-order valence-corrected chi connectivity index (χ4v) is 3.46. The summed E-state index contributed by atoms with van der Waals surface area (Å²) in [7, 11) is 3.10. The number of carbonyl (C=O) groups excluding carboxylic acids is 1. The molecule has 6 nitrogen and oxygen atoms in total. The lowest BCUT2D eigenvalue weighted by Crippen LogP contribution is -2.40. The summed E-state index contributed by atoms with van der Waals surface area (Å²) >= 11 is 3.41. The maximum Gasteiger partial charge on any atom is 0.258 e. The molecule has 9 heteroatoms. The summed E-state index contributed by atoms with van der Waals surface area (Å²) in [5.41, 5.74) is 0.431. The fraction of sp³-hybridized carbons (Fsp3) is 0.562. The van der Waals surface area contributed by atoms with Crippen molar-refractivity contribution in [2.24, 2.45) is 0 Å². The van der Waals surface area contributed by atoms with Crippen molar-refractivity contribution < 1.29 is 19.7 Å². The van der Waals surface area contributed by atoms with Crippen molar-refractivity contribution in [2.75, 3.05) is 33.9 Å². The standard InChI is InChI=1S/C16H23BrN2O3.2ClH.H2O/c1-4-19-9-5-6-11(19)10-18-16(20)14-13(21-2)8-7-12(17)15(14)22-3;;;/h7-8,11H,4-6,9-10H2,1-3H3,(H,18,20);2*1H;1H2/t11-;;;/m0.../s1. The quantitative estimate of drug-likeness (QED) is 0.705. The molecule has 1 aliphatic rings. The monoisotopic (exact) mass is 460 g/mol. The summed E-state index contributed by atoms with van der Waals surface area (Å²) in [4.78, 5) is 15.0. The van der Waals surface area contributed by atoms with E-state index in [-0.39, 0.29) is 36.2 Å². The number of ether oxygens (including phenoxy) is 2. The second-order valence-electron chi connectivity index (χ2n) is 5.29. The third kappa shape index (κ3) is 6.18. The smallest absolute Gasteiger partial charge is 0.258 e. The zero-order chi connectivity index (χ0) is 16.1. The molecule has 3 N–H and O–H groups in total. The molecule has 1 aromatic carbocycles. The Hall–Kier alpha value is -0.730. The first-order valence-corrected chi connectivity index (χ1v) is 8.34. The molecule has 0 unspecified atom stereocenters. The van der Waals surface area contributed by atoms with Crippen LogP contribution in [0.4, 0.5) is 0 Å². The number of methoxy groups -OCH3 is 2. The van der Waals surface area contributed by atoms with Gasteiger partial charge in [0.15, 0.2) is 0 Å². The Labute approximate surface area is 169 Å². The van der Waals surface area contributed by atoms with E-state index in [4.69, 9.17) is 9.47 Å². The van der Waals surface area contributed by atoms with Gasteiger partial charge in [-0.05, 0) is 54.0 Å². The Morgan fingerprint density at radius 2 is 2.00 bits per heavy atom. The van der Waals surface area contributed by atoms with Crippen LogP contribution in [0.15, 0.2) is 16.6 Å². The normalized spacial score (nSPS) is 16.1. The van der Waals surface area contributed by atoms with Gasteiger partial charge >= 0.3 is 0 Å². The van der Waals surface area contributed by atoms with E-state index >= 15 is 0 Å². The van der Waals surface area contributed by atoms with Gasteiger partial charge in [0.25, 0.3) is 5.91 Å². The number of halogens is 3. The Kier molecular flexibility index (Phi) is 13.4. The van der Waals surface area contributed by atoms with Gasteiger partial charge in [0.05, 0.1) is 18.7 Å². The minimum Gasteiger partial charge on any atom is -0.496 e. The first-order valence-electron chi connectivity index (χ1n) is 7.55. The van der Waals surface area contributed by atoms with Crippen LogP contribution in [0.2, 0.25) is 0 Å². The molecule has 0 bridgehead atoms. The van der Waals surface area contributed by atoms with E-state index < -0.39 is 0 Å². The average molecular weight is 462 g/mol. The molecule has 1 aromatic rings. The van der Waals surface area contributed by atoms with Gasteiger partial charge in [-0.2, -0.15) is 0 Å². The number of benzene rings is 1. The van der Waals surface area contributed by atoms with E-state index in [0.29, 0.717) is 29.6 Å². The SMILES string of the molecule is CCN1CCC[C@H]1CNC(=O)c1c(OC)ccc(Br)c1OC.Cl.Cl.O. The maximum atomic E-state index is 12.6. The summed E-state index contributed by atoms with van der Waals surface area (Å²) in [5, 5.41) is 3.02. The topological polar surface area (TPSA) is 82.3 Å². The third-order valence-corrected chi connectivity index (χ3v) is 4.75. The molecule has 1 fully saturated rings. The van der Waals surface area contributed by atoms with Gasteiger partial charge in [-0.15, -0.1) is 24.8 Å². The lowest BCUT2D eigenvalue weighted by molar-refractivity contribution is 0.0935. The number of likely N-dealkylation sites (N-methyl/N-ethyl adjacent to an activating group) is 1. The minimum absolute atomic E-state index is 0. The van der Waals surface area contributed by atoms with Gasteiger partial charge in [-0.1, -0.05) is 6.92 Å². The molecular weight excluding hydrogens is 435 g/mol. The van der Waals surface area contributed by atoms with E-state index in [2.05, 4.69) is 33.1 Å². The summed E-state index contributed by atoms with van der Waals surface area (Å²) in [6.45, 7) is 4.93. The summed E-state index contributed by atoms with van der Waals surface area (Å²) < 4.78 is 11.4. The van der Waals surface area contributed by atoms with Crippen molar-refractivity contribution in [3.05, 3.63) is 22.2 Å². The van der Waals surface area contributed by atoms with Crippen LogP contribution in [-0.4, -0.2) is 56.2 Å². The van der Waals surface area contributed by atoms with E-state index in [1.165, 1.54) is 6.42 Å². The van der Waals surface area contributed by atoms with Crippen LogP contribution in [-0.2, 0) is 0 Å².